The Morgan fingerprint density at radius 3 is 2.34 bits per heavy atom. The highest BCUT2D eigenvalue weighted by molar-refractivity contribution is 6.31. The van der Waals surface area contributed by atoms with Crippen molar-refractivity contribution in [1.82, 2.24) is 0 Å². The number of piperidine rings is 1. The smallest absolute Gasteiger partial charge is 0.316 e. The Morgan fingerprint density at radius 1 is 0.969 bits per heavy atom. The van der Waals surface area contributed by atoms with Crippen LogP contribution in [0.4, 0.5) is 11.4 Å². The molecular formula is C24H23ClN2O5. The summed E-state index contributed by atoms with van der Waals surface area (Å²) in [6.45, 7) is 3.84. The molecule has 3 amide bonds. The molecule has 0 aromatic heterocycles. The van der Waals surface area contributed by atoms with Crippen LogP contribution in [-0.2, 0) is 19.2 Å². The number of benzene rings is 2. The van der Waals surface area contributed by atoms with Crippen molar-refractivity contribution in [2.45, 2.75) is 39.5 Å². The number of hydrogen-bond acceptors (Lipinski definition) is 5. The van der Waals surface area contributed by atoms with Crippen LogP contribution in [0.25, 0.3) is 0 Å². The molecule has 2 saturated heterocycles. The second kappa shape index (κ2) is 8.74. The quantitative estimate of drug-likeness (QED) is 0.396. The lowest BCUT2D eigenvalue weighted by Gasteiger charge is -2.26. The molecule has 0 aliphatic carbocycles. The third kappa shape index (κ3) is 4.25. The van der Waals surface area contributed by atoms with Crippen molar-refractivity contribution >= 4 is 46.7 Å². The number of aryl methyl sites for hydroxylation is 2. The highest BCUT2D eigenvalue weighted by Gasteiger charge is 2.37. The molecule has 2 heterocycles. The lowest BCUT2D eigenvalue weighted by atomic mass is 10.1. The number of esters is 1. The van der Waals surface area contributed by atoms with Crippen molar-refractivity contribution in [2.24, 2.45) is 5.92 Å². The van der Waals surface area contributed by atoms with E-state index in [-0.39, 0.29) is 30.7 Å². The predicted octanol–water partition coefficient (Wildman–Crippen LogP) is 3.96. The normalized spacial score (nSPS) is 19.0. The molecule has 0 spiro atoms. The lowest BCUT2D eigenvalue weighted by Crippen LogP contribution is -2.40. The summed E-state index contributed by atoms with van der Waals surface area (Å²) >= 11 is 6.17. The summed E-state index contributed by atoms with van der Waals surface area (Å²) in [5.74, 6) is -1.42. The minimum Gasteiger partial charge on any atom is -0.426 e. The van der Waals surface area contributed by atoms with Gasteiger partial charge in [0.25, 0.3) is 0 Å². The lowest BCUT2D eigenvalue weighted by molar-refractivity contribution is -0.139. The van der Waals surface area contributed by atoms with Gasteiger partial charge in [-0.3, -0.25) is 24.1 Å². The van der Waals surface area contributed by atoms with E-state index in [2.05, 4.69) is 0 Å². The van der Waals surface area contributed by atoms with Gasteiger partial charge in [-0.25, -0.2) is 0 Å². The maximum absolute atomic E-state index is 12.7. The summed E-state index contributed by atoms with van der Waals surface area (Å²) in [7, 11) is 0. The molecule has 2 fully saturated rings. The number of imide groups is 1. The molecule has 1 atom stereocenters. The number of ether oxygens (including phenoxy) is 1. The molecule has 166 valence electrons. The molecule has 0 bridgehead atoms. The Labute approximate surface area is 190 Å². The molecule has 7 nitrogen and oxygen atoms in total. The van der Waals surface area contributed by atoms with E-state index in [9.17, 15) is 19.2 Å². The molecular weight excluding hydrogens is 432 g/mol. The Morgan fingerprint density at radius 2 is 1.69 bits per heavy atom. The van der Waals surface area contributed by atoms with E-state index in [1.807, 2.05) is 13.0 Å². The molecule has 0 saturated carbocycles. The van der Waals surface area contributed by atoms with Crippen molar-refractivity contribution in [3.63, 3.8) is 0 Å². The maximum Gasteiger partial charge on any atom is 0.316 e. The number of anilines is 2. The molecule has 4 rings (SSSR count). The average molecular weight is 455 g/mol. The summed E-state index contributed by atoms with van der Waals surface area (Å²) in [5, 5.41) is 0.558. The molecule has 2 aromatic rings. The highest BCUT2D eigenvalue weighted by atomic mass is 35.5. The van der Waals surface area contributed by atoms with E-state index in [0.29, 0.717) is 47.0 Å². The topological polar surface area (TPSA) is 84.0 Å². The zero-order chi connectivity index (χ0) is 23.0. The third-order valence-corrected chi connectivity index (χ3v) is 6.24. The van der Waals surface area contributed by atoms with E-state index in [4.69, 9.17) is 16.3 Å². The average Bonchev–Trinajstić information content (AvgIpc) is 3.13. The number of carbonyl (C=O) groups excluding carboxylic acids is 4. The monoisotopic (exact) mass is 454 g/mol. The van der Waals surface area contributed by atoms with Crippen LogP contribution in [0.15, 0.2) is 36.4 Å². The van der Waals surface area contributed by atoms with Gasteiger partial charge >= 0.3 is 5.97 Å². The van der Waals surface area contributed by atoms with E-state index < -0.39 is 11.9 Å². The summed E-state index contributed by atoms with van der Waals surface area (Å²) in [5.41, 5.74) is 2.71. The van der Waals surface area contributed by atoms with Gasteiger partial charge in [0.05, 0.1) is 11.6 Å². The van der Waals surface area contributed by atoms with Crippen molar-refractivity contribution in [2.75, 3.05) is 16.3 Å². The van der Waals surface area contributed by atoms with Crippen LogP contribution in [0.3, 0.4) is 0 Å². The highest BCUT2D eigenvalue weighted by Crippen LogP contribution is 2.31. The molecule has 0 N–H and O–H groups in total. The number of nitrogens with zero attached hydrogens (tertiary/aromatic N) is 2. The standard InChI is InChI=1S/C24H23ClN2O5/c1-14-6-7-17(12-19(14)25)26-13-16(11-23(26)30)24(31)32-18-8-9-20(15(2)10-18)27-21(28)4-3-5-22(27)29/h6-10,12,16H,3-5,11,13H2,1-2H3/t16-/m0/s1. The van der Waals surface area contributed by atoms with E-state index in [0.717, 1.165) is 5.56 Å². The van der Waals surface area contributed by atoms with Gasteiger partial charge in [-0.1, -0.05) is 17.7 Å². The van der Waals surface area contributed by atoms with Crippen LogP contribution in [0, 0.1) is 19.8 Å². The Balaban J connectivity index is 1.45. The van der Waals surface area contributed by atoms with Crippen molar-refractivity contribution in [1.29, 1.82) is 0 Å². The Kier molecular flexibility index (Phi) is 6.02. The fraction of sp³-hybridized carbons (Fsp3) is 0.333. The largest absolute Gasteiger partial charge is 0.426 e. The second-order valence-electron chi connectivity index (χ2n) is 8.18. The van der Waals surface area contributed by atoms with Gasteiger partial charge in [0.15, 0.2) is 0 Å². The molecule has 2 aliphatic rings. The number of hydrogen-bond donors (Lipinski definition) is 0. The van der Waals surface area contributed by atoms with Crippen LogP contribution in [0.2, 0.25) is 5.02 Å². The fourth-order valence-corrected chi connectivity index (χ4v) is 4.20. The minimum atomic E-state index is -0.604. The second-order valence-corrected chi connectivity index (χ2v) is 8.59. The number of rotatable bonds is 4. The summed E-state index contributed by atoms with van der Waals surface area (Å²) < 4.78 is 5.52. The zero-order valence-electron chi connectivity index (χ0n) is 17.9. The number of carbonyl (C=O) groups is 4. The van der Waals surface area contributed by atoms with Gasteiger partial charge in [-0.05, 0) is 61.7 Å². The van der Waals surface area contributed by atoms with E-state index in [1.165, 1.54) is 4.90 Å². The van der Waals surface area contributed by atoms with Crippen LogP contribution in [-0.4, -0.2) is 30.2 Å². The fourth-order valence-electron chi connectivity index (χ4n) is 4.03. The summed E-state index contributed by atoms with van der Waals surface area (Å²) in [4.78, 5) is 52.3. The Hall–Kier alpha value is -3.19. The van der Waals surface area contributed by atoms with Crippen LogP contribution in [0.5, 0.6) is 5.75 Å². The van der Waals surface area contributed by atoms with E-state index >= 15 is 0 Å². The third-order valence-electron chi connectivity index (χ3n) is 5.83. The van der Waals surface area contributed by atoms with Gasteiger partial charge in [-0.2, -0.15) is 0 Å². The molecule has 32 heavy (non-hydrogen) atoms. The van der Waals surface area contributed by atoms with E-state index in [1.54, 1.807) is 42.2 Å². The SMILES string of the molecule is Cc1ccc(N2C[C@@H](C(=O)Oc3ccc(N4C(=O)CCCC4=O)c(C)c3)CC2=O)cc1Cl. The van der Waals surface area contributed by atoms with Crippen molar-refractivity contribution in [3.05, 3.63) is 52.5 Å². The van der Waals surface area contributed by atoms with Gasteiger partial charge in [0, 0.05) is 36.5 Å². The van der Waals surface area contributed by atoms with Crippen molar-refractivity contribution < 1.29 is 23.9 Å². The molecule has 2 aromatic carbocycles. The van der Waals surface area contributed by atoms with Crippen molar-refractivity contribution in [3.8, 4) is 5.75 Å². The first-order chi connectivity index (χ1) is 15.2. The number of amides is 3. The number of halogens is 1. The van der Waals surface area contributed by atoms with Gasteiger partial charge in [-0.15, -0.1) is 0 Å². The van der Waals surface area contributed by atoms with Gasteiger partial charge < -0.3 is 9.64 Å². The molecule has 0 radical (unpaired) electrons. The Bertz CT molecular complexity index is 1110. The van der Waals surface area contributed by atoms with Crippen LogP contribution < -0.4 is 14.5 Å². The predicted molar refractivity (Wildman–Crippen MR) is 120 cm³/mol. The first kappa shape index (κ1) is 22.0. The summed E-state index contributed by atoms with van der Waals surface area (Å²) in [6, 6.07) is 10.1. The molecule has 0 unspecified atom stereocenters. The van der Waals surface area contributed by atoms with Gasteiger partial charge in [0.2, 0.25) is 17.7 Å². The summed E-state index contributed by atoms with van der Waals surface area (Å²) in [6.07, 6.45) is 1.29. The van der Waals surface area contributed by atoms with Gasteiger partial charge in [0.1, 0.15) is 5.75 Å². The first-order valence-electron chi connectivity index (χ1n) is 10.5. The van der Waals surface area contributed by atoms with Crippen LogP contribution in [0.1, 0.15) is 36.8 Å². The first-order valence-corrected chi connectivity index (χ1v) is 10.9. The molecule has 2 aliphatic heterocycles. The maximum atomic E-state index is 12.7. The van der Waals surface area contributed by atoms with Crippen LogP contribution >= 0.6 is 11.6 Å². The minimum absolute atomic E-state index is 0.0537. The molecule has 8 heteroatoms. The zero-order valence-corrected chi connectivity index (χ0v) is 18.6.